The molecular formula is C17H13BrClFN2O2S2. The van der Waals surface area contributed by atoms with Crippen LogP contribution < -0.4 is 5.32 Å². The van der Waals surface area contributed by atoms with E-state index in [1.807, 2.05) is 31.2 Å². The van der Waals surface area contributed by atoms with Gasteiger partial charge in [0, 0.05) is 22.1 Å². The van der Waals surface area contributed by atoms with Gasteiger partial charge in [-0.3, -0.25) is 0 Å². The molecule has 0 aliphatic carbocycles. The van der Waals surface area contributed by atoms with Crippen LogP contribution >= 0.6 is 38.9 Å². The van der Waals surface area contributed by atoms with E-state index in [4.69, 9.17) is 11.6 Å². The van der Waals surface area contributed by atoms with Crippen molar-refractivity contribution in [2.45, 2.75) is 22.2 Å². The van der Waals surface area contributed by atoms with Gasteiger partial charge in [0.1, 0.15) is 10.7 Å². The molecule has 1 N–H and O–H groups in total. The van der Waals surface area contributed by atoms with Gasteiger partial charge in [-0.25, -0.2) is 17.8 Å². The van der Waals surface area contributed by atoms with E-state index in [1.165, 1.54) is 11.6 Å². The molecule has 2 aromatic carbocycles. The summed E-state index contributed by atoms with van der Waals surface area (Å²) >= 11 is 10.5. The van der Waals surface area contributed by atoms with Gasteiger partial charge in [0.25, 0.3) is 0 Å². The molecule has 0 saturated carbocycles. The van der Waals surface area contributed by atoms with Crippen molar-refractivity contribution in [1.82, 2.24) is 4.98 Å². The third-order valence-electron chi connectivity index (χ3n) is 3.67. The molecule has 26 heavy (non-hydrogen) atoms. The van der Waals surface area contributed by atoms with Gasteiger partial charge < -0.3 is 5.32 Å². The van der Waals surface area contributed by atoms with E-state index in [9.17, 15) is 12.8 Å². The fourth-order valence-corrected chi connectivity index (χ4v) is 5.35. The van der Waals surface area contributed by atoms with E-state index < -0.39 is 20.5 Å². The summed E-state index contributed by atoms with van der Waals surface area (Å²) in [4.78, 5) is 3.27. The third kappa shape index (κ3) is 3.93. The number of halogens is 3. The molecule has 0 unspecified atom stereocenters. The SMILES string of the molecule is C[C@H](Nc1cc(F)c(S(=O)(=O)c2nccs2)cc1Cl)c1cccc(Br)c1. The van der Waals surface area contributed by atoms with Crippen LogP contribution in [0.4, 0.5) is 10.1 Å². The minimum Gasteiger partial charge on any atom is -0.377 e. The number of hydrogen-bond acceptors (Lipinski definition) is 5. The molecule has 1 heterocycles. The van der Waals surface area contributed by atoms with Crippen molar-refractivity contribution in [2.75, 3.05) is 5.32 Å². The molecule has 3 aromatic rings. The summed E-state index contributed by atoms with van der Waals surface area (Å²) < 4.78 is 40.2. The maximum atomic E-state index is 14.5. The second kappa shape index (κ2) is 7.64. The topological polar surface area (TPSA) is 59.1 Å². The van der Waals surface area contributed by atoms with Crippen LogP contribution in [0.3, 0.4) is 0 Å². The highest BCUT2D eigenvalue weighted by atomic mass is 79.9. The average Bonchev–Trinajstić information content (AvgIpc) is 3.13. The molecule has 3 rings (SSSR count). The molecule has 0 saturated heterocycles. The van der Waals surface area contributed by atoms with E-state index in [0.717, 1.165) is 33.5 Å². The first-order valence-electron chi connectivity index (χ1n) is 7.44. The van der Waals surface area contributed by atoms with Crippen LogP contribution in [0, 0.1) is 5.82 Å². The Balaban J connectivity index is 1.93. The lowest BCUT2D eigenvalue weighted by Gasteiger charge is -2.18. The number of nitrogens with one attached hydrogen (secondary N) is 1. The van der Waals surface area contributed by atoms with Crippen LogP contribution in [-0.4, -0.2) is 13.4 Å². The van der Waals surface area contributed by atoms with Crippen LogP contribution in [0.2, 0.25) is 5.02 Å². The van der Waals surface area contributed by atoms with Crippen LogP contribution in [0.5, 0.6) is 0 Å². The summed E-state index contributed by atoms with van der Waals surface area (Å²) in [5.41, 5.74) is 1.28. The molecule has 0 radical (unpaired) electrons. The number of hydrogen-bond donors (Lipinski definition) is 1. The minimum atomic E-state index is -4.04. The summed E-state index contributed by atoms with van der Waals surface area (Å²) in [6.07, 6.45) is 1.35. The number of rotatable bonds is 5. The molecule has 136 valence electrons. The zero-order valence-corrected chi connectivity index (χ0v) is 17.4. The van der Waals surface area contributed by atoms with Crippen molar-refractivity contribution < 1.29 is 12.8 Å². The van der Waals surface area contributed by atoms with Crippen molar-refractivity contribution in [3.8, 4) is 0 Å². The minimum absolute atomic E-state index is 0.114. The molecule has 0 spiro atoms. The first-order valence-corrected chi connectivity index (χ1v) is 11.0. The van der Waals surface area contributed by atoms with Gasteiger partial charge in [0.15, 0.2) is 0 Å². The quantitative estimate of drug-likeness (QED) is 0.514. The zero-order valence-electron chi connectivity index (χ0n) is 13.4. The summed E-state index contributed by atoms with van der Waals surface area (Å²) in [5, 5.41) is 4.74. The largest absolute Gasteiger partial charge is 0.377 e. The van der Waals surface area contributed by atoms with Gasteiger partial charge >= 0.3 is 0 Å². The molecule has 1 atom stereocenters. The van der Waals surface area contributed by atoms with E-state index in [0.29, 0.717) is 5.69 Å². The zero-order chi connectivity index (χ0) is 18.9. The first kappa shape index (κ1) is 19.3. The third-order valence-corrected chi connectivity index (χ3v) is 7.45. The highest BCUT2D eigenvalue weighted by Gasteiger charge is 2.26. The maximum Gasteiger partial charge on any atom is 0.236 e. The van der Waals surface area contributed by atoms with E-state index in [2.05, 4.69) is 26.2 Å². The van der Waals surface area contributed by atoms with Crippen LogP contribution in [0.1, 0.15) is 18.5 Å². The molecule has 1 aromatic heterocycles. The lowest BCUT2D eigenvalue weighted by atomic mass is 10.1. The van der Waals surface area contributed by atoms with Crippen molar-refractivity contribution in [1.29, 1.82) is 0 Å². The molecule has 0 bridgehead atoms. The standard InChI is InChI=1S/C17H13BrClFN2O2S2/c1-10(11-3-2-4-12(18)7-11)22-15-9-14(20)16(8-13(15)19)26(23,24)17-21-5-6-25-17/h2-10,22H,1H3/t10-/m0/s1. The molecule has 9 heteroatoms. The lowest BCUT2D eigenvalue weighted by Crippen LogP contribution is -2.09. The molecule has 0 aliphatic rings. The second-order valence-electron chi connectivity index (χ2n) is 5.48. The van der Waals surface area contributed by atoms with E-state index in [1.54, 1.807) is 0 Å². The Morgan fingerprint density at radius 3 is 2.73 bits per heavy atom. The number of aromatic nitrogens is 1. The normalized spacial score (nSPS) is 12.8. The predicted octanol–water partition coefficient (Wildman–Crippen LogP) is 5.70. The Kier molecular flexibility index (Phi) is 5.67. The fraction of sp³-hybridized carbons (Fsp3) is 0.118. The smallest absolute Gasteiger partial charge is 0.236 e. The van der Waals surface area contributed by atoms with Crippen molar-refractivity contribution in [3.63, 3.8) is 0 Å². The number of thiazole rings is 1. The van der Waals surface area contributed by atoms with Crippen LogP contribution in [0.25, 0.3) is 0 Å². The van der Waals surface area contributed by atoms with Gasteiger partial charge in [0.05, 0.1) is 10.7 Å². The number of sulfone groups is 1. The maximum absolute atomic E-state index is 14.5. The summed E-state index contributed by atoms with van der Waals surface area (Å²) in [7, 11) is -4.04. The van der Waals surface area contributed by atoms with E-state index >= 15 is 0 Å². The predicted molar refractivity (Wildman–Crippen MR) is 105 cm³/mol. The lowest BCUT2D eigenvalue weighted by molar-refractivity contribution is 0.566. The van der Waals surface area contributed by atoms with Gasteiger partial charge in [-0.15, -0.1) is 11.3 Å². The number of anilines is 1. The van der Waals surface area contributed by atoms with Gasteiger partial charge in [-0.05, 0) is 36.8 Å². The average molecular weight is 476 g/mol. The van der Waals surface area contributed by atoms with Crippen LogP contribution in [0.15, 0.2) is 61.7 Å². The molecule has 0 aliphatic heterocycles. The van der Waals surface area contributed by atoms with Gasteiger partial charge in [0.2, 0.25) is 14.2 Å². The van der Waals surface area contributed by atoms with Crippen LogP contribution in [-0.2, 0) is 9.84 Å². The van der Waals surface area contributed by atoms with E-state index in [-0.39, 0.29) is 15.4 Å². The van der Waals surface area contributed by atoms with Gasteiger partial charge in [-0.1, -0.05) is 39.7 Å². The first-order chi connectivity index (χ1) is 12.3. The molecule has 0 amide bonds. The Bertz CT molecular complexity index is 1040. The highest BCUT2D eigenvalue weighted by molar-refractivity contribution is 9.10. The van der Waals surface area contributed by atoms with Crippen molar-refractivity contribution in [3.05, 3.63) is 68.9 Å². The molecule has 0 fully saturated rings. The summed E-state index contributed by atoms with van der Waals surface area (Å²) in [5.74, 6) is -0.881. The van der Waals surface area contributed by atoms with Gasteiger partial charge in [-0.2, -0.15) is 0 Å². The second-order valence-corrected chi connectivity index (χ2v) is 9.79. The Morgan fingerprint density at radius 2 is 2.08 bits per heavy atom. The Hall–Kier alpha value is -1.48. The monoisotopic (exact) mass is 474 g/mol. The number of nitrogens with zero attached hydrogens (tertiary/aromatic N) is 1. The number of benzene rings is 2. The Labute approximate surface area is 168 Å². The fourth-order valence-electron chi connectivity index (χ4n) is 2.37. The van der Waals surface area contributed by atoms with Crippen molar-refractivity contribution in [2.24, 2.45) is 0 Å². The van der Waals surface area contributed by atoms with Crippen molar-refractivity contribution >= 4 is 54.4 Å². The summed E-state index contributed by atoms with van der Waals surface area (Å²) in [6.45, 7) is 1.90. The molecule has 4 nitrogen and oxygen atoms in total. The summed E-state index contributed by atoms with van der Waals surface area (Å²) in [6, 6.07) is 9.70. The Morgan fingerprint density at radius 1 is 1.31 bits per heavy atom. The molecular weight excluding hydrogens is 463 g/mol. The highest BCUT2D eigenvalue weighted by Crippen LogP contribution is 2.33.